The molecule has 0 spiro atoms. The summed E-state index contributed by atoms with van der Waals surface area (Å²) in [5.74, 6) is 1.03. The number of hydrogen-bond acceptors (Lipinski definition) is 2. The Morgan fingerprint density at radius 1 is 1.29 bits per heavy atom. The van der Waals surface area contributed by atoms with Crippen LogP contribution in [-0.2, 0) is 11.2 Å². The Hall–Kier alpha value is -1.55. The van der Waals surface area contributed by atoms with Crippen molar-refractivity contribution >= 4 is 5.96 Å². The molecule has 1 aromatic rings. The molecule has 0 aliphatic heterocycles. The second kappa shape index (κ2) is 10.2. The topological polar surface area (TPSA) is 59.6 Å². The van der Waals surface area contributed by atoms with Crippen molar-refractivity contribution in [2.75, 3.05) is 19.7 Å². The molecule has 21 heavy (non-hydrogen) atoms. The Kier molecular flexibility index (Phi) is 8.51. The molecule has 0 amide bonds. The van der Waals surface area contributed by atoms with Gasteiger partial charge >= 0.3 is 0 Å². The molecule has 4 heteroatoms. The molecule has 0 aromatic heterocycles. The third-order valence-corrected chi connectivity index (χ3v) is 3.38. The zero-order valence-electron chi connectivity index (χ0n) is 13.5. The lowest BCUT2D eigenvalue weighted by Crippen LogP contribution is -2.33. The maximum Gasteiger partial charge on any atom is 0.188 e. The lowest BCUT2D eigenvalue weighted by Gasteiger charge is -2.19. The third kappa shape index (κ3) is 7.71. The van der Waals surface area contributed by atoms with Gasteiger partial charge in [0.15, 0.2) is 5.96 Å². The van der Waals surface area contributed by atoms with Crippen LogP contribution >= 0.6 is 0 Å². The summed E-state index contributed by atoms with van der Waals surface area (Å²) in [5, 5.41) is 3.15. The van der Waals surface area contributed by atoms with E-state index in [1.807, 2.05) is 25.1 Å². The lowest BCUT2D eigenvalue weighted by atomic mass is 10.0. The van der Waals surface area contributed by atoms with E-state index < -0.39 is 0 Å². The summed E-state index contributed by atoms with van der Waals surface area (Å²) in [4.78, 5) is 4.36. The first kappa shape index (κ1) is 17.5. The van der Waals surface area contributed by atoms with E-state index in [-0.39, 0.29) is 6.10 Å². The molecule has 0 saturated heterocycles. The minimum absolute atomic E-state index is 0.260. The molecule has 0 heterocycles. The van der Waals surface area contributed by atoms with Crippen molar-refractivity contribution in [2.24, 2.45) is 16.6 Å². The molecule has 118 valence electrons. The minimum atomic E-state index is 0.260. The van der Waals surface area contributed by atoms with Gasteiger partial charge < -0.3 is 15.8 Å². The van der Waals surface area contributed by atoms with E-state index >= 15 is 0 Å². The van der Waals surface area contributed by atoms with Crippen LogP contribution in [0.5, 0.6) is 0 Å². The number of hydrogen-bond donors (Lipinski definition) is 2. The summed E-state index contributed by atoms with van der Waals surface area (Å²) >= 11 is 0. The maximum absolute atomic E-state index is 5.87. The van der Waals surface area contributed by atoms with Gasteiger partial charge in [-0.3, -0.25) is 4.99 Å². The Morgan fingerprint density at radius 2 is 2.00 bits per heavy atom. The van der Waals surface area contributed by atoms with E-state index in [1.54, 1.807) is 0 Å². The average molecular weight is 291 g/mol. The van der Waals surface area contributed by atoms with Crippen LogP contribution in [0.1, 0.15) is 32.8 Å². The molecule has 0 bridgehead atoms. The number of nitrogens with two attached hydrogens (primary N) is 1. The van der Waals surface area contributed by atoms with Crippen molar-refractivity contribution in [3.05, 3.63) is 35.9 Å². The summed E-state index contributed by atoms with van der Waals surface area (Å²) in [5.41, 5.74) is 7.17. The Morgan fingerprint density at radius 3 is 2.62 bits per heavy atom. The van der Waals surface area contributed by atoms with Crippen LogP contribution in [0.3, 0.4) is 0 Å². The standard InChI is InChI=1S/C17H29N3O/c1-4-21-16(14(2)3)11-13-20-17(18)19-12-10-15-8-6-5-7-9-15/h5-9,14,16H,4,10-13H2,1-3H3,(H3,18,19,20). The van der Waals surface area contributed by atoms with Gasteiger partial charge in [0.2, 0.25) is 0 Å². The second-order valence-corrected chi connectivity index (χ2v) is 5.46. The summed E-state index contributed by atoms with van der Waals surface area (Å²) in [6, 6.07) is 10.4. The molecule has 1 atom stereocenters. The van der Waals surface area contributed by atoms with Crippen molar-refractivity contribution in [3.8, 4) is 0 Å². The largest absolute Gasteiger partial charge is 0.378 e. The van der Waals surface area contributed by atoms with Crippen LogP contribution in [0.15, 0.2) is 35.3 Å². The summed E-state index contributed by atoms with van der Waals surface area (Å²) in [6.45, 7) is 8.62. The Bertz CT molecular complexity index is 404. The zero-order valence-corrected chi connectivity index (χ0v) is 13.5. The van der Waals surface area contributed by atoms with Crippen molar-refractivity contribution in [1.82, 2.24) is 5.32 Å². The van der Waals surface area contributed by atoms with Gasteiger partial charge in [0.05, 0.1) is 6.10 Å². The molecule has 4 nitrogen and oxygen atoms in total. The normalized spacial score (nSPS) is 13.4. The molecule has 0 aliphatic rings. The van der Waals surface area contributed by atoms with Crippen molar-refractivity contribution in [1.29, 1.82) is 0 Å². The number of aliphatic imine (C=N–C) groups is 1. The molecular formula is C17H29N3O. The quantitative estimate of drug-likeness (QED) is 0.543. The number of nitrogens with zero attached hydrogens (tertiary/aromatic N) is 1. The van der Waals surface area contributed by atoms with Gasteiger partial charge in [0, 0.05) is 19.7 Å². The smallest absolute Gasteiger partial charge is 0.188 e. The second-order valence-electron chi connectivity index (χ2n) is 5.46. The van der Waals surface area contributed by atoms with Crippen molar-refractivity contribution in [3.63, 3.8) is 0 Å². The fraction of sp³-hybridized carbons (Fsp3) is 0.588. The monoisotopic (exact) mass is 291 g/mol. The van der Waals surface area contributed by atoms with Gasteiger partial charge in [-0.15, -0.1) is 0 Å². The first-order valence-electron chi connectivity index (χ1n) is 7.82. The van der Waals surface area contributed by atoms with Gasteiger partial charge in [-0.05, 0) is 31.2 Å². The van der Waals surface area contributed by atoms with E-state index in [2.05, 4.69) is 36.3 Å². The highest BCUT2D eigenvalue weighted by molar-refractivity contribution is 5.77. The summed E-state index contributed by atoms with van der Waals surface area (Å²) < 4.78 is 5.69. The van der Waals surface area contributed by atoms with Crippen molar-refractivity contribution < 1.29 is 4.74 Å². The van der Waals surface area contributed by atoms with Crippen LogP contribution in [0.2, 0.25) is 0 Å². The van der Waals surface area contributed by atoms with Gasteiger partial charge in [-0.1, -0.05) is 44.2 Å². The Labute approximate surface area is 128 Å². The molecule has 0 aliphatic carbocycles. The molecule has 0 saturated carbocycles. The third-order valence-electron chi connectivity index (χ3n) is 3.38. The zero-order chi connectivity index (χ0) is 15.5. The maximum atomic E-state index is 5.87. The predicted molar refractivity (Wildman–Crippen MR) is 89.5 cm³/mol. The summed E-state index contributed by atoms with van der Waals surface area (Å²) in [6.07, 6.45) is 2.12. The number of nitrogens with one attached hydrogen (secondary N) is 1. The van der Waals surface area contributed by atoms with Crippen LogP contribution in [-0.4, -0.2) is 31.8 Å². The summed E-state index contributed by atoms with van der Waals surface area (Å²) in [7, 11) is 0. The van der Waals surface area contributed by atoms with Crippen LogP contribution < -0.4 is 11.1 Å². The highest BCUT2D eigenvalue weighted by Gasteiger charge is 2.12. The fourth-order valence-electron chi connectivity index (χ4n) is 2.17. The van der Waals surface area contributed by atoms with Crippen LogP contribution in [0.4, 0.5) is 0 Å². The van der Waals surface area contributed by atoms with Crippen molar-refractivity contribution in [2.45, 2.75) is 39.7 Å². The van der Waals surface area contributed by atoms with E-state index in [1.165, 1.54) is 5.56 Å². The van der Waals surface area contributed by atoms with Crippen LogP contribution in [0.25, 0.3) is 0 Å². The number of benzene rings is 1. The van der Waals surface area contributed by atoms with Gasteiger partial charge in [-0.2, -0.15) is 0 Å². The molecule has 0 radical (unpaired) electrons. The SMILES string of the molecule is CCOC(CCN=C(N)NCCc1ccccc1)C(C)C. The average Bonchev–Trinajstić information content (AvgIpc) is 2.47. The molecular weight excluding hydrogens is 262 g/mol. The number of guanidine groups is 1. The first-order valence-corrected chi connectivity index (χ1v) is 7.82. The lowest BCUT2D eigenvalue weighted by molar-refractivity contribution is 0.0266. The number of ether oxygens (including phenoxy) is 1. The molecule has 1 unspecified atom stereocenters. The highest BCUT2D eigenvalue weighted by Crippen LogP contribution is 2.10. The van der Waals surface area contributed by atoms with E-state index in [0.29, 0.717) is 18.4 Å². The van der Waals surface area contributed by atoms with E-state index in [9.17, 15) is 0 Å². The van der Waals surface area contributed by atoms with Gasteiger partial charge in [-0.25, -0.2) is 0 Å². The minimum Gasteiger partial charge on any atom is -0.378 e. The van der Waals surface area contributed by atoms with Gasteiger partial charge in [0.25, 0.3) is 0 Å². The van der Waals surface area contributed by atoms with E-state index in [0.717, 1.165) is 26.0 Å². The van der Waals surface area contributed by atoms with Crippen LogP contribution in [0, 0.1) is 5.92 Å². The van der Waals surface area contributed by atoms with E-state index in [4.69, 9.17) is 10.5 Å². The molecule has 1 aromatic carbocycles. The van der Waals surface area contributed by atoms with Gasteiger partial charge in [0.1, 0.15) is 0 Å². The molecule has 0 fully saturated rings. The molecule has 3 N–H and O–H groups in total. The fourth-order valence-corrected chi connectivity index (χ4v) is 2.17. The first-order chi connectivity index (χ1) is 10.1. The number of rotatable bonds is 9. The Balaban J connectivity index is 2.23. The predicted octanol–water partition coefficient (Wildman–Crippen LogP) is 2.58. The molecule has 1 rings (SSSR count). The highest BCUT2D eigenvalue weighted by atomic mass is 16.5.